The van der Waals surface area contributed by atoms with E-state index in [9.17, 15) is 17.6 Å². The number of hydrogen-bond acceptors (Lipinski definition) is 3. The van der Waals surface area contributed by atoms with Gasteiger partial charge in [0.05, 0.1) is 16.3 Å². The van der Waals surface area contributed by atoms with Gasteiger partial charge in [-0.25, -0.2) is 17.6 Å². The Hall–Kier alpha value is -3.10. The number of benzene rings is 3. The van der Waals surface area contributed by atoms with E-state index in [0.29, 0.717) is 42.5 Å². The van der Waals surface area contributed by atoms with Gasteiger partial charge < -0.3 is 4.90 Å². The highest BCUT2D eigenvalue weighted by Gasteiger charge is 2.29. The van der Waals surface area contributed by atoms with Crippen molar-refractivity contribution in [3.05, 3.63) is 88.7 Å². The van der Waals surface area contributed by atoms with E-state index >= 15 is 0 Å². The van der Waals surface area contributed by atoms with Gasteiger partial charge in [-0.15, -0.1) is 0 Å². The molecule has 4 rings (SSSR count). The van der Waals surface area contributed by atoms with Gasteiger partial charge in [0.1, 0.15) is 5.82 Å². The molecular formula is C24H23ClFN3O3S. The van der Waals surface area contributed by atoms with Crippen molar-refractivity contribution < 1.29 is 17.6 Å². The topological polar surface area (TPSA) is 69.7 Å². The second-order valence-corrected chi connectivity index (χ2v) is 10.0. The lowest BCUT2D eigenvalue weighted by Gasteiger charge is -2.36. The Kier molecular flexibility index (Phi) is 6.58. The number of amides is 2. The lowest BCUT2D eigenvalue weighted by atomic mass is 10.1. The molecule has 1 aliphatic heterocycles. The van der Waals surface area contributed by atoms with Crippen molar-refractivity contribution in [1.29, 1.82) is 0 Å². The Labute approximate surface area is 197 Å². The smallest absolute Gasteiger partial charge is 0.320 e. The van der Waals surface area contributed by atoms with E-state index in [1.165, 1.54) is 24.3 Å². The minimum absolute atomic E-state index is 0.0327. The Morgan fingerprint density at radius 2 is 1.79 bits per heavy atom. The molecule has 6 nitrogen and oxygen atoms in total. The van der Waals surface area contributed by atoms with E-state index in [-0.39, 0.29) is 16.7 Å². The molecule has 3 aromatic carbocycles. The predicted octanol–water partition coefficient (Wildman–Crippen LogP) is 5.42. The van der Waals surface area contributed by atoms with Crippen LogP contribution in [0.4, 0.5) is 20.6 Å². The minimum Gasteiger partial charge on any atom is -0.320 e. The monoisotopic (exact) mass is 487 g/mol. The van der Waals surface area contributed by atoms with Gasteiger partial charge in [0.15, 0.2) is 0 Å². The summed E-state index contributed by atoms with van der Waals surface area (Å²) in [5, 5.41) is 0.310. The summed E-state index contributed by atoms with van der Waals surface area (Å²) in [6.45, 7) is 3.20. The molecule has 0 spiro atoms. The van der Waals surface area contributed by atoms with E-state index in [4.69, 9.17) is 11.6 Å². The van der Waals surface area contributed by atoms with E-state index in [0.717, 1.165) is 11.1 Å². The van der Waals surface area contributed by atoms with Crippen LogP contribution in [0.3, 0.4) is 0 Å². The summed E-state index contributed by atoms with van der Waals surface area (Å²) in [6.07, 6.45) is 0.710. The van der Waals surface area contributed by atoms with Crippen LogP contribution in [0.15, 0.2) is 71.6 Å². The maximum Gasteiger partial charge on any atom is 0.324 e. The van der Waals surface area contributed by atoms with Gasteiger partial charge in [0.25, 0.3) is 10.0 Å². The average molecular weight is 488 g/mol. The van der Waals surface area contributed by atoms with Crippen molar-refractivity contribution in [3.8, 4) is 0 Å². The summed E-state index contributed by atoms with van der Waals surface area (Å²) < 4.78 is 41.9. The number of anilines is 2. The number of nitrogens with one attached hydrogen (secondary N) is 1. The molecule has 0 unspecified atom stereocenters. The maximum atomic E-state index is 13.3. The minimum atomic E-state index is -3.92. The maximum absolute atomic E-state index is 13.3. The van der Waals surface area contributed by atoms with Crippen LogP contribution in [0.5, 0.6) is 0 Å². The molecule has 2 amide bonds. The highest BCUT2D eigenvalue weighted by atomic mass is 35.5. The zero-order chi connectivity index (χ0) is 23.6. The summed E-state index contributed by atoms with van der Waals surface area (Å²) in [5.41, 5.74) is 2.44. The first-order chi connectivity index (χ1) is 15.7. The van der Waals surface area contributed by atoms with E-state index in [1.807, 2.05) is 13.0 Å². The third-order valence-corrected chi connectivity index (χ3v) is 6.99. The second-order valence-electron chi connectivity index (χ2n) is 7.92. The summed E-state index contributed by atoms with van der Waals surface area (Å²) in [7, 11) is -3.92. The molecule has 9 heteroatoms. The average Bonchev–Trinajstić information content (AvgIpc) is 2.77. The van der Waals surface area contributed by atoms with Crippen molar-refractivity contribution >= 4 is 39.0 Å². The molecule has 0 radical (unpaired) electrons. The molecule has 1 fully saturated rings. The molecule has 1 N–H and O–H groups in total. The third kappa shape index (κ3) is 5.29. The van der Waals surface area contributed by atoms with Crippen LogP contribution < -0.4 is 9.62 Å². The van der Waals surface area contributed by atoms with Crippen molar-refractivity contribution in [2.45, 2.75) is 24.8 Å². The normalized spacial score (nSPS) is 14.5. The summed E-state index contributed by atoms with van der Waals surface area (Å²) in [4.78, 5) is 16.6. The molecule has 0 aliphatic carbocycles. The predicted molar refractivity (Wildman–Crippen MR) is 128 cm³/mol. The highest BCUT2D eigenvalue weighted by molar-refractivity contribution is 7.92. The number of hydrogen-bond donors (Lipinski definition) is 1. The Balaban J connectivity index is 1.62. The fourth-order valence-electron chi connectivity index (χ4n) is 3.77. The van der Waals surface area contributed by atoms with Gasteiger partial charge in [0, 0.05) is 24.7 Å². The lowest BCUT2D eigenvalue weighted by molar-refractivity contribution is 0.192. The molecule has 172 valence electrons. The van der Waals surface area contributed by atoms with Crippen LogP contribution in [0.1, 0.15) is 17.5 Å². The molecule has 0 aromatic heterocycles. The number of sulfonamides is 1. The van der Waals surface area contributed by atoms with Crippen LogP contribution in [0.2, 0.25) is 5.02 Å². The molecule has 0 bridgehead atoms. The number of nitrogens with zero attached hydrogens (tertiary/aromatic N) is 2. The Morgan fingerprint density at radius 3 is 2.52 bits per heavy atom. The van der Waals surface area contributed by atoms with E-state index in [2.05, 4.69) is 4.72 Å². The standard InChI is InChI=1S/C24H23ClFN3O3S/c1-17-6-11-23(22(14-17)27-33(31,32)21-5-2-4-19(25)15-21)29-13-3-12-28(24(29)30)16-18-7-9-20(26)10-8-18/h2,4-11,14-15,27H,3,12-13,16H2,1H3. The van der Waals surface area contributed by atoms with Crippen LogP contribution in [0.25, 0.3) is 0 Å². The SMILES string of the molecule is Cc1ccc(N2CCCN(Cc3ccc(F)cc3)C2=O)c(NS(=O)(=O)c2cccc(Cl)c2)c1. The molecule has 3 aromatic rings. The number of carbonyl (C=O) groups excluding carboxylic acids is 1. The number of urea groups is 1. The largest absolute Gasteiger partial charge is 0.324 e. The van der Waals surface area contributed by atoms with Crippen molar-refractivity contribution in [1.82, 2.24) is 4.90 Å². The summed E-state index contributed by atoms with van der Waals surface area (Å²) >= 11 is 5.97. The summed E-state index contributed by atoms with van der Waals surface area (Å²) in [5.74, 6) is -0.332. The fourth-order valence-corrected chi connectivity index (χ4v) is 5.13. The fraction of sp³-hybridized carbons (Fsp3) is 0.208. The van der Waals surface area contributed by atoms with Crippen molar-refractivity contribution in [2.24, 2.45) is 0 Å². The van der Waals surface area contributed by atoms with Gasteiger partial charge in [-0.05, 0) is 66.9 Å². The molecule has 33 heavy (non-hydrogen) atoms. The van der Waals surface area contributed by atoms with Crippen LogP contribution in [-0.4, -0.2) is 32.4 Å². The van der Waals surface area contributed by atoms with Gasteiger partial charge in [-0.1, -0.05) is 35.9 Å². The molecule has 1 aliphatic rings. The van der Waals surface area contributed by atoms with E-state index < -0.39 is 10.0 Å². The highest BCUT2D eigenvalue weighted by Crippen LogP contribution is 2.32. The first kappa shape index (κ1) is 23.1. The van der Waals surface area contributed by atoms with Crippen molar-refractivity contribution in [2.75, 3.05) is 22.7 Å². The van der Waals surface area contributed by atoms with Gasteiger partial charge >= 0.3 is 6.03 Å². The molecule has 0 atom stereocenters. The van der Waals surface area contributed by atoms with Crippen LogP contribution in [-0.2, 0) is 16.6 Å². The first-order valence-electron chi connectivity index (χ1n) is 10.4. The molecule has 1 saturated heterocycles. The number of carbonyl (C=O) groups is 1. The Morgan fingerprint density at radius 1 is 1.03 bits per heavy atom. The zero-order valence-electron chi connectivity index (χ0n) is 18.0. The van der Waals surface area contributed by atoms with Gasteiger partial charge in [-0.2, -0.15) is 0 Å². The third-order valence-electron chi connectivity index (χ3n) is 5.39. The molecule has 1 heterocycles. The first-order valence-corrected chi connectivity index (χ1v) is 12.3. The Bertz CT molecular complexity index is 1280. The number of aryl methyl sites for hydroxylation is 1. The van der Waals surface area contributed by atoms with Crippen LogP contribution >= 0.6 is 11.6 Å². The van der Waals surface area contributed by atoms with Gasteiger partial charge in [-0.3, -0.25) is 9.62 Å². The van der Waals surface area contributed by atoms with Crippen molar-refractivity contribution in [3.63, 3.8) is 0 Å². The number of halogens is 2. The lowest BCUT2D eigenvalue weighted by Crippen LogP contribution is -2.49. The van der Waals surface area contributed by atoms with Gasteiger partial charge in [0.2, 0.25) is 0 Å². The van der Waals surface area contributed by atoms with Crippen LogP contribution in [0, 0.1) is 12.7 Å². The second kappa shape index (κ2) is 9.41. The quantitative estimate of drug-likeness (QED) is 0.504. The zero-order valence-corrected chi connectivity index (χ0v) is 19.5. The van der Waals surface area contributed by atoms with E-state index in [1.54, 1.807) is 46.2 Å². The summed E-state index contributed by atoms with van der Waals surface area (Å²) in [6, 6.07) is 17.1. The number of rotatable bonds is 6. The molecular weight excluding hydrogens is 465 g/mol. The molecule has 0 saturated carbocycles.